The van der Waals surface area contributed by atoms with Gasteiger partial charge in [0.25, 0.3) is 0 Å². The van der Waals surface area contributed by atoms with Crippen LogP contribution in [0.15, 0.2) is 12.7 Å². The van der Waals surface area contributed by atoms with Gasteiger partial charge in [-0.2, -0.15) is 0 Å². The third-order valence-corrected chi connectivity index (χ3v) is 3.32. The first kappa shape index (κ1) is 11.4. The highest BCUT2D eigenvalue weighted by Gasteiger charge is 2.41. The predicted octanol–water partition coefficient (Wildman–Crippen LogP) is 1.23. The molecule has 14 heavy (non-hydrogen) atoms. The second kappa shape index (κ2) is 4.73. The summed E-state index contributed by atoms with van der Waals surface area (Å²) in [5.41, 5.74) is 0. The average Bonchev–Trinajstić information content (AvgIpc) is 2.44. The number of nitrogens with zero attached hydrogens (tertiary/aromatic N) is 1. The van der Waals surface area contributed by atoms with Crippen molar-refractivity contribution < 1.29 is 9.59 Å². The number of alkyl halides is 1. The van der Waals surface area contributed by atoms with Gasteiger partial charge in [0.1, 0.15) is 11.7 Å². The van der Waals surface area contributed by atoms with Crippen LogP contribution < -0.4 is 0 Å². The lowest BCUT2D eigenvalue weighted by Crippen LogP contribution is -2.30. The molecular formula is C10H14BrNO2. The summed E-state index contributed by atoms with van der Waals surface area (Å²) in [4.78, 5) is 24.7. The molecule has 0 aromatic carbocycles. The zero-order chi connectivity index (χ0) is 10.7. The molecule has 0 bridgehead atoms. The summed E-state index contributed by atoms with van der Waals surface area (Å²) < 4.78 is 0. The number of Topliss-reactive ketones (excluding diaryl/α,β-unsaturated/α-hetero) is 1. The molecule has 3 nitrogen and oxygen atoms in total. The van der Waals surface area contributed by atoms with E-state index in [2.05, 4.69) is 22.5 Å². The van der Waals surface area contributed by atoms with Gasteiger partial charge in [0, 0.05) is 24.3 Å². The van der Waals surface area contributed by atoms with Gasteiger partial charge in [-0.15, -0.1) is 6.58 Å². The Morgan fingerprint density at radius 2 is 2.43 bits per heavy atom. The maximum Gasteiger partial charge on any atom is 0.233 e. The summed E-state index contributed by atoms with van der Waals surface area (Å²) in [6.45, 7) is 6.26. The van der Waals surface area contributed by atoms with Crippen LogP contribution in [0.5, 0.6) is 0 Å². The van der Waals surface area contributed by atoms with Crippen LogP contribution in [-0.2, 0) is 9.59 Å². The Kier molecular flexibility index (Phi) is 3.86. The van der Waals surface area contributed by atoms with Crippen LogP contribution in [0.1, 0.15) is 6.92 Å². The van der Waals surface area contributed by atoms with Crippen LogP contribution in [-0.4, -0.2) is 35.0 Å². The van der Waals surface area contributed by atoms with E-state index in [4.69, 9.17) is 0 Å². The van der Waals surface area contributed by atoms with Crippen molar-refractivity contribution in [1.29, 1.82) is 0 Å². The monoisotopic (exact) mass is 259 g/mol. The van der Waals surface area contributed by atoms with Crippen molar-refractivity contribution in [3.8, 4) is 0 Å². The Balaban J connectivity index is 2.79. The first-order valence-electron chi connectivity index (χ1n) is 4.58. The van der Waals surface area contributed by atoms with E-state index in [1.54, 1.807) is 11.0 Å². The van der Waals surface area contributed by atoms with Crippen molar-refractivity contribution in [2.45, 2.75) is 6.92 Å². The van der Waals surface area contributed by atoms with Crippen LogP contribution in [0, 0.1) is 11.8 Å². The maximum absolute atomic E-state index is 11.7. The van der Waals surface area contributed by atoms with Crippen molar-refractivity contribution in [2.24, 2.45) is 11.8 Å². The number of hydrogen-bond acceptors (Lipinski definition) is 2. The molecule has 0 aromatic heterocycles. The van der Waals surface area contributed by atoms with Gasteiger partial charge >= 0.3 is 0 Å². The summed E-state index contributed by atoms with van der Waals surface area (Å²) in [5, 5.41) is 0.691. The van der Waals surface area contributed by atoms with Crippen molar-refractivity contribution in [3.05, 3.63) is 12.7 Å². The largest absolute Gasteiger partial charge is 0.338 e. The second-order valence-electron chi connectivity index (χ2n) is 3.53. The Bertz CT molecular complexity index is 265. The lowest BCUT2D eigenvalue weighted by molar-refractivity contribution is -0.136. The lowest BCUT2D eigenvalue weighted by Gasteiger charge is -2.12. The number of rotatable bonds is 4. The molecule has 0 spiro atoms. The van der Waals surface area contributed by atoms with E-state index in [-0.39, 0.29) is 17.6 Å². The van der Waals surface area contributed by atoms with E-state index in [1.807, 2.05) is 0 Å². The smallest absolute Gasteiger partial charge is 0.233 e. The van der Waals surface area contributed by atoms with E-state index < -0.39 is 5.92 Å². The fourth-order valence-electron chi connectivity index (χ4n) is 1.84. The number of carbonyl (C=O) groups is 2. The van der Waals surface area contributed by atoms with Gasteiger partial charge in [-0.1, -0.05) is 22.0 Å². The van der Waals surface area contributed by atoms with Crippen LogP contribution in [0.25, 0.3) is 0 Å². The molecule has 0 unspecified atom stereocenters. The maximum atomic E-state index is 11.7. The molecule has 2 atom stereocenters. The molecule has 1 aliphatic heterocycles. The molecule has 1 saturated heterocycles. The molecule has 0 radical (unpaired) electrons. The Hall–Kier alpha value is -0.640. The molecule has 1 amide bonds. The number of ketones is 1. The zero-order valence-electron chi connectivity index (χ0n) is 8.20. The standard InChI is InChI=1S/C10H14BrNO2/c1-3-4-12-6-8(5-11)9(7(2)13)10(12)14/h3,8-9H,1,4-6H2,2H3/t8-,9+/m0/s1. The lowest BCUT2D eigenvalue weighted by atomic mass is 9.94. The minimum Gasteiger partial charge on any atom is -0.338 e. The number of amides is 1. The molecule has 0 N–H and O–H groups in total. The van der Waals surface area contributed by atoms with Gasteiger partial charge in [0.15, 0.2) is 0 Å². The van der Waals surface area contributed by atoms with E-state index in [1.165, 1.54) is 6.92 Å². The van der Waals surface area contributed by atoms with Crippen LogP contribution in [0.3, 0.4) is 0 Å². The Morgan fingerprint density at radius 3 is 2.79 bits per heavy atom. The van der Waals surface area contributed by atoms with Gasteiger partial charge in [-0.05, 0) is 6.92 Å². The molecule has 1 heterocycles. The topological polar surface area (TPSA) is 37.4 Å². The third kappa shape index (κ3) is 2.05. The summed E-state index contributed by atoms with van der Waals surface area (Å²) in [5.74, 6) is -0.429. The minimum atomic E-state index is -0.450. The molecule has 0 saturated carbocycles. The molecule has 0 aromatic rings. The highest BCUT2D eigenvalue weighted by molar-refractivity contribution is 9.09. The number of hydrogen-bond donors (Lipinski definition) is 0. The highest BCUT2D eigenvalue weighted by Crippen LogP contribution is 2.27. The van der Waals surface area contributed by atoms with E-state index in [9.17, 15) is 9.59 Å². The summed E-state index contributed by atoms with van der Waals surface area (Å²) in [6.07, 6.45) is 1.69. The quantitative estimate of drug-likeness (QED) is 0.433. The normalized spacial score (nSPS) is 26.7. The summed E-state index contributed by atoms with van der Waals surface area (Å²) in [7, 11) is 0. The molecule has 1 fully saturated rings. The molecular weight excluding hydrogens is 246 g/mol. The van der Waals surface area contributed by atoms with Crippen LogP contribution in [0.4, 0.5) is 0 Å². The molecule has 1 rings (SSSR count). The van der Waals surface area contributed by atoms with Gasteiger partial charge in [0.05, 0.1) is 0 Å². The van der Waals surface area contributed by atoms with Gasteiger partial charge < -0.3 is 4.90 Å². The summed E-state index contributed by atoms with van der Waals surface area (Å²) in [6, 6.07) is 0. The number of halogens is 1. The number of likely N-dealkylation sites (tertiary alicyclic amines) is 1. The van der Waals surface area contributed by atoms with Gasteiger partial charge in [0.2, 0.25) is 5.91 Å². The molecule has 1 aliphatic rings. The predicted molar refractivity (Wildman–Crippen MR) is 58.2 cm³/mol. The Labute approximate surface area is 92.3 Å². The third-order valence-electron chi connectivity index (χ3n) is 2.49. The van der Waals surface area contributed by atoms with E-state index in [0.717, 1.165) is 0 Å². The fraction of sp³-hybridized carbons (Fsp3) is 0.600. The Morgan fingerprint density at radius 1 is 1.79 bits per heavy atom. The van der Waals surface area contributed by atoms with Crippen LogP contribution >= 0.6 is 15.9 Å². The first-order valence-corrected chi connectivity index (χ1v) is 5.70. The van der Waals surface area contributed by atoms with Crippen molar-refractivity contribution in [2.75, 3.05) is 18.4 Å². The van der Waals surface area contributed by atoms with Gasteiger partial charge in [-0.3, -0.25) is 9.59 Å². The van der Waals surface area contributed by atoms with E-state index in [0.29, 0.717) is 18.4 Å². The number of carbonyl (C=O) groups excluding carboxylic acids is 2. The molecule has 78 valence electrons. The second-order valence-corrected chi connectivity index (χ2v) is 4.18. The van der Waals surface area contributed by atoms with Gasteiger partial charge in [-0.25, -0.2) is 0 Å². The highest BCUT2D eigenvalue weighted by atomic mass is 79.9. The van der Waals surface area contributed by atoms with Crippen molar-refractivity contribution in [3.63, 3.8) is 0 Å². The minimum absolute atomic E-state index is 0.0361. The summed E-state index contributed by atoms with van der Waals surface area (Å²) >= 11 is 3.33. The van der Waals surface area contributed by atoms with Crippen LogP contribution in [0.2, 0.25) is 0 Å². The molecule has 0 aliphatic carbocycles. The zero-order valence-corrected chi connectivity index (χ0v) is 9.79. The SMILES string of the molecule is C=CCN1C[C@H](CBr)[C@@H](C(C)=O)C1=O. The molecule has 4 heteroatoms. The fourth-order valence-corrected chi connectivity index (χ4v) is 2.42. The average molecular weight is 260 g/mol. The van der Waals surface area contributed by atoms with Crippen molar-refractivity contribution in [1.82, 2.24) is 4.90 Å². The van der Waals surface area contributed by atoms with E-state index >= 15 is 0 Å². The first-order chi connectivity index (χ1) is 6.61. The van der Waals surface area contributed by atoms with Crippen molar-refractivity contribution >= 4 is 27.6 Å².